The number of nitrogens with zero attached hydrogens (tertiary/aromatic N) is 1. The minimum atomic E-state index is 0.575. The molecule has 2 rings (SSSR count). The molecule has 0 fully saturated rings. The normalized spacial score (nSPS) is 16.4. The number of anilines is 1. The lowest BCUT2D eigenvalue weighted by Crippen LogP contribution is -2.34. The largest absolute Gasteiger partial charge is 0.368 e. The second-order valence-corrected chi connectivity index (χ2v) is 4.60. The zero-order chi connectivity index (χ0) is 10.8. The van der Waals surface area contributed by atoms with Gasteiger partial charge in [0.15, 0.2) is 0 Å². The van der Waals surface area contributed by atoms with E-state index < -0.39 is 0 Å². The van der Waals surface area contributed by atoms with Crippen molar-refractivity contribution in [2.45, 2.75) is 33.4 Å². The smallest absolute Gasteiger partial charge is 0.0414 e. The van der Waals surface area contributed by atoms with Gasteiger partial charge in [-0.05, 0) is 32.4 Å². The fraction of sp³-hybridized carbons (Fsp3) is 0.538. The van der Waals surface area contributed by atoms with Crippen molar-refractivity contribution < 1.29 is 0 Å². The van der Waals surface area contributed by atoms with Crippen molar-refractivity contribution >= 4 is 5.69 Å². The van der Waals surface area contributed by atoms with Crippen LogP contribution in [0, 0.1) is 6.92 Å². The van der Waals surface area contributed by atoms with Gasteiger partial charge in [-0.25, -0.2) is 0 Å². The number of aryl methyl sites for hydroxylation is 1. The Labute approximate surface area is 92.3 Å². The summed E-state index contributed by atoms with van der Waals surface area (Å²) in [6.45, 7) is 9.86. The summed E-state index contributed by atoms with van der Waals surface area (Å²) in [4.78, 5) is 2.48. The van der Waals surface area contributed by atoms with Gasteiger partial charge in [0.1, 0.15) is 0 Å². The molecule has 0 aromatic heterocycles. The molecule has 2 heteroatoms. The molecule has 0 unspecified atom stereocenters. The second-order valence-electron chi connectivity index (χ2n) is 4.60. The van der Waals surface area contributed by atoms with Crippen LogP contribution in [0.25, 0.3) is 0 Å². The van der Waals surface area contributed by atoms with Gasteiger partial charge in [0.2, 0.25) is 0 Å². The lowest BCUT2D eigenvalue weighted by atomic mass is 10.1. The third kappa shape index (κ3) is 2.15. The van der Waals surface area contributed by atoms with Gasteiger partial charge in [0, 0.05) is 31.4 Å². The second kappa shape index (κ2) is 4.23. The van der Waals surface area contributed by atoms with Gasteiger partial charge in [-0.2, -0.15) is 0 Å². The maximum Gasteiger partial charge on any atom is 0.0414 e. The predicted molar refractivity (Wildman–Crippen MR) is 65.4 cm³/mol. The Hall–Kier alpha value is -1.02. The maximum absolute atomic E-state index is 3.47. The molecule has 1 aromatic rings. The molecule has 15 heavy (non-hydrogen) atoms. The summed E-state index contributed by atoms with van der Waals surface area (Å²) in [6.07, 6.45) is 0. The molecule has 1 aromatic carbocycles. The fourth-order valence-electron chi connectivity index (χ4n) is 2.22. The first-order valence-corrected chi connectivity index (χ1v) is 5.75. The van der Waals surface area contributed by atoms with Crippen LogP contribution >= 0.6 is 0 Å². The minimum absolute atomic E-state index is 0.575. The molecule has 0 bridgehead atoms. The molecule has 1 N–H and O–H groups in total. The molecule has 1 heterocycles. The summed E-state index contributed by atoms with van der Waals surface area (Å²) < 4.78 is 0. The topological polar surface area (TPSA) is 15.3 Å². The number of hydrogen-bond donors (Lipinski definition) is 1. The number of hydrogen-bond acceptors (Lipinski definition) is 2. The zero-order valence-corrected chi connectivity index (χ0v) is 9.88. The van der Waals surface area contributed by atoms with Gasteiger partial charge in [-0.3, -0.25) is 0 Å². The van der Waals surface area contributed by atoms with Crippen LogP contribution in [-0.4, -0.2) is 19.1 Å². The molecular weight excluding hydrogens is 184 g/mol. The lowest BCUT2D eigenvalue weighted by molar-refractivity contribution is 0.647. The summed E-state index contributed by atoms with van der Waals surface area (Å²) in [7, 11) is 0. The molecule has 0 atom stereocenters. The first kappa shape index (κ1) is 10.5. The molecular formula is C13H20N2. The monoisotopic (exact) mass is 204 g/mol. The van der Waals surface area contributed by atoms with Crippen molar-refractivity contribution in [2.24, 2.45) is 0 Å². The third-order valence-electron chi connectivity index (χ3n) is 3.01. The van der Waals surface area contributed by atoms with Gasteiger partial charge in [-0.1, -0.05) is 17.7 Å². The van der Waals surface area contributed by atoms with E-state index in [2.05, 4.69) is 49.2 Å². The van der Waals surface area contributed by atoms with E-state index in [1.807, 2.05) is 0 Å². The first-order valence-electron chi connectivity index (χ1n) is 5.75. The lowest BCUT2D eigenvalue weighted by Gasteiger charge is -2.28. The molecule has 2 nitrogen and oxygen atoms in total. The zero-order valence-electron chi connectivity index (χ0n) is 9.88. The molecule has 82 valence electrons. The Morgan fingerprint density at radius 1 is 1.33 bits per heavy atom. The van der Waals surface area contributed by atoms with Crippen molar-refractivity contribution in [3.05, 3.63) is 29.3 Å². The Balaban J connectivity index is 2.40. The summed E-state index contributed by atoms with van der Waals surface area (Å²) in [6, 6.07) is 7.34. The highest BCUT2D eigenvalue weighted by atomic mass is 15.2. The van der Waals surface area contributed by atoms with Crippen LogP contribution in [0.3, 0.4) is 0 Å². The van der Waals surface area contributed by atoms with Crippen molar-refractivity contribution in [2.75, 3.05) is 18.0 Å². The Bertz CT molecular complexity index is 344. The van der Waals surface area contributed by atoms with E-state index in [9.17, 15) is 0 Å². The van der Waals surface area contributed by atoms with Gasteiger partial charge >= 0.3 is 0 Å². The number of rotatable bonds is 1. The van der Waals surface area contributed by atoms with E-state index in [1.54, 1.807) is 0 Å². The molecule has 0 amide bonds. The summed E-state index contributed by atoms with van der Waals surface area (Å²) in [5, 5.41) is 3.47. The third-order valence-corrected chi connectivity index (χ3v) is 3.01. The van der Waals surface area contributed by atoms with Crippen LogP contribution < -0.4 is 10.2 Å². The molecule has 0 saturated carbocycles. The highest BCUT2D eigenvalue weighted by molar-refractivity contribution is 5.56. The predicted octanol–water partition coefficient (Wildman–Crippen LogP) is 2.31. The quantitative estimate of drug-likeness (QED) is 0.755. The summed E-state index contributed by atoms with van der Waals surface area (Å²) in [5.41, 5.74) is 4.18. The van der Waals surface area contributed by atoms with Crippen molar-refractivity contribution in [1.29, 1.82) is 0 Å². The van der Waals surface area contributed by atoms with E-state index >= 15 is 0 Å². The highest BCUT2D eigenvalue weighted by Gasteiger charge is 2.16. The van der Waals surface area contributed by atoms with Crippen LogP contribution in [0.2, 0.25) is 0 Å². The molecule has 0 saturated heterocycles. The Morgan fingerprint density at radius 2 is 2.13 bits per heavy atom. The number of benzene rings is 1. The van der Waals surface area contributed by atoms with E-state index in [0.29, 0.717) is 6.04 Å². The minimum Gasteiger partial charge on any atom is -0.368 e. The number of fused-ring (bicyclic) bond motifs is 1. The van der Waals surface area contributed by atoms with Gasteiger partial charge in [0.25, 0.3) is 0 Å². The fourth-order valence-corrected chi connectivity index (χ4v) is 2.22. The van der Waals surface area contributed by atoms with E-state index in [1.165, 1.54) is 16.8 Å². The molecule has 0 radical (unpaired) electrons. The van der Waals surface area contributed by atoms with Crippen LogP contribution in [0.1, 0.15) is 25.0 Å². The Kier molecular flexibility index (Phi) is 2.96. The number of nitrogens with one attached hydrogen (secondary N) is 1. The van der Waals surface area contributed by atoms with Crippen molar-refractivity contribution in [1.82, 2.24) is 5.32 Å². The van der Waals surface area contributed by atoms with Crippen LogP contribution in [0.15, 0.2) is 18.2 Å². The maximum atomic E-state index is 3.47. The van der Waals surface area contributed by atoms with Gasteiger partial charge < -0.3 is 10.2 Å². The average Bonchev–Trinajstić information content (AvgIpc) is 2.38. The average molecular weight is 204 g/mol. The van der Waals surface area contributed by atoms with E-state index in [4.69, 9.17) is 0 Å². The van der Waals surface area contributed by atoms with Gasteiger partial charge in [-0.15, -0.1) is 0 Å². The molecule has 0 aliphatic carbocycles. The van der Waals surface area contributed by atoms with E-state index in [0.717, 1.165) is 19.6 Å². The molecule has 1 aliphatic rings. The molecule has 0 spiro atoms. The Morgan fingerprint density at radius 3 is 2.87 bits per heavy atom. The molecule has 1 aliphatic heterocycles. The van der Waals surface area contributed by atoms with Crippen molar-refractivity contribution in [3.63, 3.8) is 0 Å². The van der Waals surface area contributed by atoms with Crippen LogP contribution in [0.5, 0.6) is 0 Å². The van der Waals surface area contributed by atoms with Crippen LogP contribution in [-0.2, 0) is 6.54 Å². The van der Waals surface area contributed by atoms with Gasteiger partial charge in [0.05, 0.1) is 0 Å². The van der Waals surface area contributed by atoms with Crippen LogP contribution in [0.4, 0.5) is 5.69 Å². The van der Waals surface area contributed by atoms with Crippen molar-refractivity contribution in [3.8, 4) is 0 Å². The summed E-state index contributed by atoms with van der Waals surface area (Å²) >= 11 is 0. The first-order chi connectivity index (χ1) is 7.18. The van der Waals surface area contributed by atoms with E-state index in [-0.39, 0.29) is 0 Å². The summed E-state index contributed by atoms with van der Waals surface area (Å²) in [5.74, 6) is 0. The SMILES string of the molecule is Cc1ccc2c(c1)CNCCN2C(C)C. The standard InChI is InChI=1S/C13H20N2/c1-10(2)15-7-6-14-9-12-8-11(3)4-5-13(12)15/h4-5,8,10,14H,6-7,9H2,1-3H3. The highest BCUT2D eigenvalue weighted by Crippen LogP contribution is 2.25.